The van der Waals surface area contributed by atoms with E-state index in [2.05, 4.69) is 17.2 Å². The van der Waals surface area contributed by atoms with Gasteiger partial charge in [0.15, 0.2) is 5.58 Å². The van der Waals surface area contributed by atoms with Crippen LogP contribution in [0.15, 0.2) is 47.1 Å². The van der Waals surface area contributed by atoms with E-state index in [1.54, 1.807) is 24.5 Å². The van der Waals surface area contributed by atoms with Crippen molar-refractivity contribution in [1.29, 1.82) is 0 Å². The number of rotatable bonds is 5. The van der Waals surface area contributed by atoms with Gasteiger partial charge in [0.2, 0.25) is 0 Å². The van der Waals surface area contributed by atoms with Gasteiger partial charge in [-0.2, -0.15) is 0 Å². The zero-order chi connectivity index (χ0) is 18.8. The Hall–Kier alpha value is -2.82. The van der Waals surface area contributed by atoms with E-state index >= 15 is 0 Å². The van der Waals surface area contributed by atoms with Crippen LogP contribution in [0.4, 0.5) is 5.69 Å². The molecular weight excluding hydrogens is 340 g/mol. The minimum absolute atomic E-state index is 0.0633. The van der Waals surface area contributed by atoms with E-state index in [4.69, 9.17) is 9.52 Å². The summed E-state index contributed by atoms with van der Waals surface area (Å²) in [6.45, 7) is 2.10. The average Bonchev–Trinajstić information content (AvgIpc) is 3.04. The van der Waals surface area contributed by atoms with E-state index in [1.807, 2.05) is 18.2 Å². The molecule has 1 saturated carbocycles. The maximum atomic E-state index is 11.1. The van der Waals surface area contributed by atoms with E-state index in [0.717, 1.165) is 28.0 Å². The maximum absolute atomic E-state index is 11.1. The van der Waals surface area contributed by atoms with Crippen LogP contribution < -0.4 is 5.32 Å². The lowest BCUT2D eigenvalue weighted by molar-refractivity contribution is 0.0697. The lowest BCUT2D eigenvalue weighted by Crippen LogP contribution is -2.23. The van der Waals surface area contributed by atoms with Crippen molar-refractivity contribution >= 4 is 22.6 Å². The smallest absolute Gasteiger partial charge is 0.335 e. The molecule has 0 radical (unpaired) electrons. The number of nitrogens with zero attached hydrogens (tertiary/aromatic N) is 1. The van der Waals surface area contributed by atoms with Crippen LogP contribution in [0.2, 0.25) is 0 Å². The number of aromatic nitrogens is 1. The summed E-state index contributed by atoms with van der Waals surface area (Å²) in [5.74, 6) is 0.545. The molecule has 140 valence electrons. The molecule has 0 amide bonds. The first-order valence-corrected chi connectivity index (χ1v) is 9.56. The molecule has 0 bridgehead atoms. The van der Waals surface area contributed by atoms with Crippen molar-refractivity contribution < 1.29 is 14.3 Å². The number of anilines is 1. The van der Waals surface area contributed by atoms with E-state index in [9.17, 15) is 4.79 Å². The van der Waals surface area contributed by atoms with Gasteiger partial charge in [0.05, 0.1) is 17.8 Å². The van der Waals surface area contributed by atoms with Gasteiger partial charge in [-0.15, -0.1) is 0 Å². The van der Waals surface area contributed by atoms with E-state index in [-0.39, 0.29) is 6.04 Å². The first kappa shape index (κ1) is 17.6. The molecule has 1 atom stereocenters. The summed E-state index contributed by atoms with van der Waals surface area (Å²) in [4.78, 5) is 15.3. The number of furan rings is 1. The van der Waals surface area contributed by atoms with Gasteiger partial charge in [-0.25, -0.2) is 4.79 Å². The van der Waals surface area contributed by atoms with Gasteiger partial charge >= 0.3 is 5.97 Å². The third-order valence-electron chi connectivity index (χ3n) is 5.64. The Balaban J connectivity index is 1.69. The lowest BCUT2D eigenvalue weighted by atomic mass is 9.82. The second-order valence-electron chi connectivity index (χ2n) is 7.37. The Bertz CT molecular complexity index is 940. The zero-order valence-electron chi connectivity index (χ0n) is 15.4. The molecule has 0 saturated heterocycles. The second-order valence-corrected chi connectivity index (χ2v) is 7.37. The summed E-state index contributed by atoms with van der Waals surface area (Å²) >= 11 is 0. The molecule has 5 nitrogen and oxygen atoms in total. The summed E-state index contributed by atoms with van der Waals surface area (Å²) in [6.07, 6.45) is 9.66. The number of carbonyl (C=O) groups is 1. The topological polar surface area (TPSA) is 75.4 Å². The molecule has 1 aliphatic rings. The van der Waals surface area contributed by atoms with Gasteiger partial charge in [0.25, 0.3) is 0 Å². The van der Waals surface area contributed by atoms with Gasteiger partial charge in [-0.05, 0) is 56.0 Å². The number of nitrogens with one attached hydrogen (secondary N) is 1. The Morgan fingerprint density at radius 1 is 1.19 bits per heavy atom. The van der Waals surface area contributed by atoms with Gasteiger partial charge in [0, 0.05) is 22.8 Å². The zero-order valence-corrected chi connectivity index (χ0v) is 15.4. The third-order valence-corrected chi connectivity index (χ3v) is 5.64. The number of hydrogen-bond acceptors (Lipinski definition) is 4. The molecule has 27 heavy (non-hydrogen) atoms. The average molecular weight is 364 g/mol. The summed E-state index contributed by atoms with van der Waals surface area (Å²) in [6, 6.07) is 9.00. The lowest BCUT2D eigenvalue weighted by Gasteiger charge is -2.31. The molecule has 1 aromatic carbocycles. The Morgan fingerprint density at radius 3 is 2.59 bits per heavy atom. The monoisotopic (exact) mass is 364 g/mol. The quantitative estimate of drug-likeness (QED) is 0.619. The standard InChI is InChI=1S/C22H24N2O3/c1-14-18-11-12-23-13-19(18)27-21(14)20(15-5-3-2-4-6-15)24-17-9-7-16(8-10-17)22(25)26/h7-13,15,20,24H,2-6H2,1H3,(H,25,26). The molecule has 1 fully saturated rings. The Kier molecular flexibility index (Phi) is 4.84. The molecule has 4 rings (SSSR count). The summed E-state index contributed by atoms with van der Waals surface area (Å²) in [5, 5.41) is 13.8. The molecule has 0 aliphatic heterocycles. The number of pyridine rings is 1. The molecular formula is C22H24N2O3. The van der Waals surface area contributed by atoms with Crippen LogP contribution in [-0.2, 0) is 0 Å². The Morgan fingerprint density at radius 2 is 1.93 bits per heavy atom. The van der Waals surface area contributed by atoms with Crippen molar-refractivity contribution in [2.75, 3.05) is 5.32 Å². The molecule has 2 aromatic heterocycles. The number of aryl methyl sites for hydroxylation is 1. The number of hydrogen-bond donors (Lipinski definition) is 2. The van der Waals surface area contributed by atoms with Crippen LogP contribution in [0.25, 0.3) is 11.0 Å². The van der Waals surface area contributed by atoms with Gasteiger partial charge < -0.3 is 14.8 Å². The van der Waals surface area contributed by atoms with E-state index in [1.165, 1.54) is 32.1 Å². The third kappa shape index (κ3) is 3.54. The van der Waals surface area contributed by atoms with Crippen LogP contribution in [0.5, 0.6) is 0 Å². The van der Waals surface area contributed by atoms with Crippen molar-refractivity contribution in [3.8, 4) is 0 Å². The second kappa shape index (κ2) is 7.43. The number of aromatic carboxylic acids is 1. The van der Waals surface area contributed by atoms with Gasteiger partial charge in [-0.3, -0.25) is 4.98 Å². The van der Waals surface area contributed by atoms with Crippen LogP contribution in [0.3, 0.4) is 0 Å². The molecule has 3 aromatic rings. The molecule has 0 spiro atoms. The number of fused-ring (bicyclic) bond motifs is 1. The van der Waals surface area contributed by atoms with Crippen molar-refractivity contribution in [2.24, 2.45) is 5.92 Å². The number of carboxylic acids is 1. The van der Waals surface area contributed by atoms with Crippen LogP contribution in [0, 0.1) is 12.8 Å². The highest BCUT2D eigenvalue weighted by atomic mass is 16.4. The molecule has 2 heterocycles. The highest BCUT2D eigenvalue weighted by Gasteiger charge is 2.29. The fourth-order valence-corrected chi connectivity index (χ4v) is 4.15. The first-order valence-electron chi connectivity index (χ1n) is 9.56. The molecule has 1 unspecified atom stereocenters. The number of carboxylic acid groups (broad SMARTS) is 1. The summed E-state index contributed by atoms with van der Waals surface area (Å²) in [5.41, 5.74) is 3.17. The highest BCUT2D eigenvalue weighted by molar-refractivity contribution is 5.88. The Labute approximate surface area is 158 Å². The SMILES string of the molecule is Cc1c(C(Nc2ccc(C(=O)O)cc2)C2CCCCC2)oc2cnccc12. The molecule has 2 N–H and O–H groups in total. The van der Waals surface area contributed by atoms with Crippen molar-refractivity contribution in [2.45, 2.75) is 45.1 Å². The van der Waals surface area contributed by atoms with Crippen LogP contribution in [-0.4, -0.2) is 16.1 Å². The van der Waals surface area contributed by atoms with Crippen LogP contribution >= 0.6 is 0 Å². The predicted molar refractivity (Wildman–Crippen MR) is 105 cm³/mol. The van der Waals surface area contributed by atoms with Gasteiger partial charge in [0.1, 0.15) is 5.76 Å². The maximum Gasteiger partial charge on any atom is 0.335 e. The molecule has 1 aliphatic carbocycles. The van der Waals surface area contributed by atoms with Crippen molar-refractivity contribution in [1.82, 2.24) is 4.98 Å². The minimum atomic E-state index is -0.911. The van der Waals surface area contributed by atoms with Gasteiger partial charge in [-0.1, -0.05) is 19.3 Å². The fourth-order valence-electron chi connectivity index (χ4n) is 4.15. The van der Waals surface area contributed by atoms with E-state index < -0.39 is 5.97 Å². The first-order chi connectivity index (χ1) is 13.1. The summed E-state index contributed by atoms with van der Waals surface area (Å²) in [7, 11) is 0. The number of benzene rings is 1. The predicted octanol–water partition coefficient (Wildman–Crippen LogP) is 5.57. The van der Waals surface area contributed by atoms with Crippen LogP contribution in [0.1, 0.15) is 59.8 Å². The van der Waals surface area contributed by atoms with E-state index in [0.29, 0.717) is 11.5 Å². The minimum Gasteiger partial charge on any atom is -0.478 e. The molecule has 5 heteroatoms. The fraction of sp³-hybridized carbons (Fsp3) is 0.364. The van der Waals surface area contributed by atoms with Crippen molar-refractivity contribution in [3.05, 3.63) is 59.6 Å². The normalized spacial score (nSPS) is 16.3. The largest absolute Gasteiger partial charge is 0.478 e. The van der Waals surface area contributed by atoms with Crippen molar-refractivity contribution in [3.63, 3.8) is 0 Å². The summed E-state index contributed by atoms with van der Waals surface area (Å²) < 4.78 is 6.23. The highest BCUT2D eigenvalue weighted by Crippen LogP contribution is 2.40.